The second kappa shape index (κ2) is 4.31. The molecule has 0 aromatic rings. The van der Waals surface area contributed by atoms with Gasteiger partial charge in [-0.2, -0.15) is 0 Å². The largest absolute Gasteiger partial charge is 0.342 e. The topological polar surface area (TPSA) is 49.4 Å². The Bertz CT molecular complexity index is 340. The molecule has 1 aliphatic heterocycles. The van der Waals surface area contributed by atoms with Gasteiger partial charge in [0.15, 0.2) is 0 Å². The van der Waals surface area contributed by atoms with Gasteiger partial charge in [-0.3, -0.25) is 9.59 Å². The Morgan fingerprint density at radius 2 is 2.06 bits per heavy atom. The molecule has 0 spiro atoms. The van der Waals surface area contributed by atoms with E-state index in [9.17, 15) is 9.59 Å². The van der Waals surface area contributed by atoms with Crippen molar-refractivity contribution in [2.24, 2.45) is 11.8 Å². The van der Waals surface area contributed by atoms with Gasteiger partial charge in [-0.1, -0.05) is 27.2 Å². The van der Waals surface area contributed by atoms with Crippen molar-refractivity contribution in [2.45, 2.75) is 58.7 Å². The van der Waals surface area contributed by atoms with Gasteiger partial charge in [0.05, 0.1) is 0 Å². The Hall–Kier alpha value is -1.06. The molecular formula is C13H22N2O2. The third-order valence-electron chi connectivity index (χ3n) is 4.05. The predicted octanol–water partition coefficient (Wildman–Crippen LogP) is 1.16. The molecule has 2 fully saturated rings. The van der Waals surface area contributed by atoms with Gasteiger partial charge in [0.2, 0.25) is 11.8 Å². The van der Waals surface area contributed by atoms with Crippen LogP contribution in [0.25, 0.3) is 0 Å². The van der Waals surface area contributed by atoms with Crippen LogP contribution < -0.4 is 5.32 Å². The first-order valence-corrected chi connectivity index (χ1v) is 6.59. The van der Waals surface area contributed by atoms with Gasteiger partial charge in [-0.05, 0) is 25.2 Å². The minimum absolute atomic E-state index is 0.00921. The highest BCUT2D eigenvalue weighted by Gasteiger charge is 2.50. The fraction of sp³-hybridized carbons (Fsp3) is 0.846. The number of carbonyl (C=O) groups excluding carboxylic acids is 2. The molecule has 4 atom stereocenters. The van der Waals surface area contributed by atoms with Crippen LogP contribution in [0.3, 0.4) is 0 Å². The number of hydrogen-bond donors (Lipinski definition) is 1. The standard InChI is InChI=1S/C13H22N2O2/c1-5-9-6-10(9)15-8(4)12(16)14-11(7(2)3)13(15)17/h7-11H,5-6H2,1-4H3,(H,14,16). The molecule has 2 aliphatic rings. The minimum Gasteiger partial charge on any atom is -0.342 e. The van der Waals surface area contributed by atoms with Crippen molar-refractivity contribution in [1.82, 2.24) is 10.2 Å². The van der Waals surface area contributed by atoms with Gasteiger partial charge < -0.3 is 10.2 Å². The van der Waals surface area contributed by atoms with E-state index in [1.165, 1.54) is 0 Å². The molecule has 17 heavy (non-hydrogen) atoms. The monoisotopic (exact) mass is 238 g/mol. The van der Waals surface area contributed by atoms with Gasteiger partial charge in [-0.25, -0.2) is 0 Å². The molecule has 2 rings (SSSR count). The smallest absolute Gasteiger partial charge is 0.246 e. The second-order valence-electron chi connectivity index (χ2n) is 5.62. The minimum atomic E-state index is -0.336. The van der Waals surface area contributed by atoms with Gasteiger partial charge in [-0.15, -0.1) is 0 Å². The van der Waals surface area contributed by atoms with Crippen LogP contribution >= 0.6 is 0 Å². The van der Waals surface area contributed by atoms with E-state index in [2.05, 4.69) is 12.2 Å². The molecule has 2 amide bonds. The van der Waals surface area contributed by atoms with Gasteiger partial charge >= 0.3 is 0 Å². The van der Waals surface area contributed by atoms with E-state index in [4.69, 9.17) is 0 Å². The molecule has 0 aromatic carbocycles. The average molecular weight is 238 g/mol. The molecule has 4 heteroatoms. The number of nitrogens with one attached hydrogen (secondary N) is 1. The number of hydrogen-bond acceptors (Lipinski definition) is 2. The molecule has 4 unspecified atom stereocenters. The Morgan fingerprint density at radius 3 is 2.53 bits per heavy atom. The maximum absolute atomic E-state index is 12.4. The van der Waals surface area contributed by atoms with E-state index in [0.29, 0.717) is 12.0 Å². The summed E-state index contributed by atoms with van der Waals surface area (Å²) in [5.74, 6) is 0.846. The fourth-order valence-corrected chi connectivity index (χ4v) is 2.73. The lowest BCUT2D eigenvalue weighted by atomic mass is 9.98. The zero-order chi connectivity index (χ0) is 12.7. The molecule has 1 saturated carbocycles. The molecule has 96 valence electrons. The fourth-order valence-electron chi connectivity index (χ4n) is 2.73. The van der Waals surface area contributed by atoms with Crippen molar-refractivity contribution in [2.75, 3.05) is 0 Å². The van der Waals surface area contributed by atoms with Crippen LogP contribution in [0.1, 0.15) is 40.5 Å². The maximum atomic E-state index is 12.4. The van der Waals surface area contributed by atoms with Crippen molar-refractivity contribution in [3.8, 4) is 0 Å². The highest BCUT2D eigenvalue weighted by molar-refractivity contribution is 5.97. The van der Waals surface area contributed by atoms with Crippen LogP contribution in [0.15, 0.2) is 0 Å². The summed E-state index contributed by atoms with van der Waals surface area (Å²) in [5, 5.41) is 2.83. The summed E-state index contributed by atoms with van der Waals surface area (Å²) < 4.78 is 0. The first-order chi connectivity index (χ1) is 7.97. The quantitative estimate of drug-likeness (QED) is 0.802. The Labute approximate surface area is 103 Å². The van der Waals surface area contributed by atoms with Crippen molar-refractivity contribution < 1.29 is 9.59 Å². The molecule has 0 aromatic heterocycles. The van der Waals surface area contributed by atoms with E-state index in [0.717, 1.165) is 12.8 Å². The van der Waals surface area contributed by atoms with Gasteiger partial charge in [0, 0.05) is 6.04 Å². The zero-order valence-corrected chi connectivity index (χ0v) is 11.1. The van der Waals surface area contributed by atoms with Crippen LogP contribution in [-0.4, -0.2) is 34.8 Å². The van der Waals surface area contributed by atoms with Gasteiger partial charge in [0.25, 0.3) is 0 Å². The van der Waals surface area contributed by atoms with E-state index in [1.54, 1.807) is 0 Å². The Kier molecular flexibility index (Phi) is 3.15. The molecular weight excluding hydrogens is 216 g/mol. The van der Waals surface area contributed by atoms with Crippen LogP contribution in [0.2, 0.25) is 0 Å². The highest BCUT2D eigenvalue weighted by Crippen LogP contribution is 2.40. The third kappa shape index (κ3) is 2.05. The Morgan fingerprint density at radius 1 is 1.41 bits per heavy atom. The van der Waals surface area contributed by atoms with E-state index >= 15 is 0 Å². The first kappa shape index (κ1) is 12.4. The van der Waals surface area contributed by atoms with E-state index < -0.39 is 0 Å². The van der Waals surface area contributed by atoms with Crippen LogP contribution in [-0.2, 0) is 9.59 Å². The zero-order valence-electron chi connectivity index (χ0n) is 11.1. The SMILES string of the molecule is CCC1CC1N1C(=O)C(C(C)C)NC(=O)C1C. The van der Waals surface area contributed by atoms with Crippen molar-refractivity contribution >= 4 is 11.8 Å². The number of amides is 2. The molecule has 0 radical (unpaired) electrons. The molecule has 1 aliphatic carbocycles. The summed E-state index contributed by atoms with van der Waals surface area (Å²) in [7, 11) is 0. The highest BCUT2D eigenvalue weighted by atomic mass is 16.2. The molecule has 4 nitrogen and oxygen atoms in total. The third-order valence-corrected chi connectivity index (χ3v) is 4.05. The first-order valence-electron chi connectivity index (χ1n) is 6.59. The lowest BCUT2D eigenvalue weighted by molar-refractivity contribution is -0.150. The molecule has 0 bridgehead atoms. The van der Waals surface area contributed by atoms with Gasteiger partial charge in [0.1, 0.15) is 12.1 Å². The summed E-state index contributed by atoms with van der Waals surface area (Å²) in [6.07, 6.45) is 2.15. The average Bonchev–Trinajstić information content (AvgIpc) is 3.02. The van der Waals surface area contributed by atoms with E-state index in [1.807, 2.05) is 25.7 Å². The lowest BCUT2D eigenvalue weighted by Gasteiger charge is -2.39. The number of rotatable bonds is 3. The van der Waals surface area contributed by atoms with Crippen molar-refractivity contribution in [3.63, 3.8) is 0 Å². The maximum Gasteiger partial charge on any atom is 0.246 e. The predicted molar refractivity (Wildman–Crippen MR) is 65.3 cm³/mol. The second-order valence-corrected chi connectivity index (χ2v) is 5.62. The van der Waals surface area contributed by atoms with E-state index in [-0.39, 0.29) is 29.8 Å². The number of nitrogens with zero attached hydrogens (tertiary/aromatic N) is 1. The molecule has 1 N–H and O–H groups in total. The van der Waals surface area contributed by atoms with Crippen LogP contribution in [0.5, 0.6) is 0 Å². The summed E-state index contributed by atoms with van der Waals surface area (Å²) in [6.45, 7) is 7.92. The molecule has 1 saturated heterocycles. The van der Waals surface area contributed by atoms with Crippen LogP contribution in [0.4, 0.5) is 0 Å². The molecule has 1 heterocycles. The van der Waals surface area contributed by atoms with Crippen molar-refractivity contribution in [3.05, 3.63) is 0 Å². The Balaban J connectivity index is 2.17. The summed E-state index contributed by atoms with van der Waals surface area (Å²) in [4.78, 5) is 26.1. The summed E-state index contributed by atoms with van der Waals surface area (Å²) in [5.41, 5.74) is 0. The lowest BCUT2D eigenvalue weighted by Crippen LogP contribution is -2.64. The van der Waals surface area contributed by atoms with Crippen molar-refractivity contribution in [1.29, 1.82) is 0 Å². The summed E-state index contributed by atoms with van der Waals surface area (Å²) in [6, 6.07) is -0.342. The number of piperazine rings is 1. The van der Waals surface area contributed by atoms with Crippen LogP contribution in [0, 0.1) is 11.8 Å². The normalized spacial score (nSPS) is 37.4. The summed E-state index contributed by atoms with van der Waals surface area (Å²) >= 11 is 0. The number of carbonyl (C=O) groups is 2.